The van der Waals surface area contributed by atoms with Gasteiger partial charge in [0.1, 0.15) is 0 Å². The summed E-state index contributed by atoms with van der Waals surface area (Å²) in [6.45, 7) is 5.29. The molecule has 0 bridgehead atoms. The summed E-state index contributed by atoms with van der Waals surface area (Å²) >= 11 is 0.886. The van der Waals surface area contributed by atoms with Gasteiger partial charge in [-0.1, -0.05) is 29.8 Å². The van der Waals surface area contributed by atoms with Gasteiger partial charge in [0.2, 0.25) is 0 Å². The number of aliphatic hydroxyl groups excluding tert-OH is 1. The molecule has 1 atom stereocenters. The standard InChI is InChI=1S/C14H20NO.Al.2H/c1-12-2-4-13(5-3-12)14-6-8-15(9-7-14)10-11-16;;;/h2-5,11,14,16H,6-10H2,1H3;;;. The van der Waals surface area contributed by atoms with Crippen LogP contribution in [0.5, 0.6) is 0 Å². The number of likely N-dealkylation sites (tertiary alicyclic amines) is 1. The molecule has 0 spiro atoms. The van der Waals surface area contributed by atoms with Gasteiger partial charge in [0.25, 0.3) is 16.3 Å². The van der Waals surface area contributed by atoms with Crippen molar-refractivity contribution in [3.63, 3.8) is 0 Å². The van der Waals surface area contributed by atoms with Gasteiger partial charge in [0, 0.05) is 11.5 Å². The Balaban J connectivity index is 1.88. The largest absolute Gasteiger partial charge is 0.408 e. The van der Waals surface area contributed by atoms with Gasteiger partial charge in [-0.05, 0) is 44.3 Å². The number of nitrogens with zero attached hydrogens (tertiary/aromatic N) is 1. The van der Waals surface area contributed by atoms with Crippen LogP contribution >= 0.6 is 0 Å². The lowest BCUT2D eigenvalue weighted by atomic mass is 9.89. The van der Waals surface area contributed by atoms with Crippen LogP contribution in [0.4, 0.5) is 0 Å². The highest BCUT2D eigenvalue weighted by Crippen LogP contribution is 2.27. The fourth-order valence-corrected chi connectivity index (χ4v) is 3.18. The van der Waals surface area contributed by atoms with Crippen LogP contribution in [0.15, 0.2) is 24.3 Å². The van der Waals surface area contributed by atoms with Crippen LogP contribution in [-0.2, 0) is 0 Å². The molecule has 1 aromatic carbocycles. The SMILES string of the molecule is Cc1ccc(C2CCN(C[CH](O)[AlH2])CC2)cc1. The lowest BCUT2D eigenvalue weighted by Gasteiger charge is -2.33. The smallest absolute Gasteiger partial charge is 0.260 e. The molecule has 1 fully saturated rings. The van der Waals surface area contributed by atoms with Gasteiger partial charge in [-0.3, -0.25) is 0 Å². The van der Waals surface area contributed by atoms with Gasteiger partial charge >= 0.3 is 0 Å². The van der Waals surface area contributed by atoms with Gasteiger partial charge in [0.15, 0.2) is 0 Å². The van der Waals surface area contributed by atoms with Crippen molar-refractivity contribution < 1.29 is 5.11 Å². The molecule has 17 heavy (non-hydrogen) atoms. The molecule has 1 aliphatic rings. The van der Waals surface area contributed by atoms with E-state index < -0.39 is 0 Å². The molecule has 92 valence electrons. The van der Waals surface area contributed by atoms with E-state index in [-0.39, 0.29) is 4.97 Å². The van der Waals surface area contributed by atoms with Crippen LogP contribution in [-0.4, -0.2) is 50.9 Å². The first kappa shape index (κ1) is 13.1. The molecule has 0 aliphatic carbocycles. The van der Waals surface area contributed by atoms with Crippen molar-refractivity contribution in [2.45, 2.75) is 30.6 Å². The molecule has 1 heterocycles. The predicted octanol–water partition coefficient (Wildman–Crippen LogP) is 1.13. The third kappa shape index (κ3) is 3.83. The molecule has 1 saturated heterocycles. The van der Waals surface area contributed by atoms with E-state index in [4.69, 9.17) is 0 Å². The van der Waals surface area contributed by atoms with Crippen LogP contribution in [0.1, 0.15) is 29.9 Å². The molecule has 3 heteroatoms. The Bertz CT molecular complexity index is 342. The molecule has 2 rings (SSSR count). The summed E-state index contributed by atoms with van der Waals surface area (Å²) in [5.74, 6) is 0.720. The minimum absolute atomic E-state index is 0.0640. The third-order valence-electron chi connectivity index (χ3n) is 3.66. The van der Waals surface area contributed by atoms with E-state index in [1.165, 1.54) is 24.0 Å². The number of benzene rings is 1. The zero-order valence-corrected chi connectivity index (χ0v) is 12.9. The maximum absolute atomic E-state index is 9.44. The first-order valence-electron chi connectivity index (χ1n) is 6.62. The van der Waals surface area contributed by atoms with Crippen molar-refractivity contribution in [3.05, 3.63) is 35.4 Å². The maximum atomic E-state index is 9.44. The average Bonchev–Trinajstić information content (AvgIpc) is 2.30. The summed E-state index contributed by atoms with van der Waals surface area (Å²) in [6.07, 6.45) is 2.47. The number of hydrogen-bond acceptors (Lipinski definition) is 2. The molecular weight excluding hydrogens is 225 g/mol. The Morgan fingerprint density at radius 3 is 2.41 bits per heavy atom. The Hall–Kier alpha value is -0.328. The first-order valence-corrected chi connectivity index (χ1v) is 7.77. The number of hydrogen-bond donors (Lipinski definition) is 1. The summed E-state index contributed by atoms with van der Waals surface area (Å²) in [7, 11) is 0. The molecule has 0 radical (unpaired) electrons. The maximum Gasteiger partial charge on any atom is 0.260 e. The zero-order valence-electron chi connectivity index (χ0n) is 10.9. The number of rotatable bonds is 3. The van der Waals surface area contributed by atoms with E-state index in [1.807, 2.05) is 0 Å². The highest BCUT2D eigenvalue weighted by atomic mass is 27.0. The van der Waals surface area contributed by atoms with E-state index in [0.717, 1.165) is 41.8 Å². The van der Waals surface area contributed by atoms with E-state index in [1.54, 1.807) is 0 Å². The van der Waals surface area contributed by atoms with Crippen molar-refractivity contribution >= 4 is 16.3 Å². The molecule has 0 amide bonds. The topological polar surface area (TPSA) is 23.5 Å². The monoisotopic (exact) mass is 247 g/mol. The highest BCUT2D eigenvalue weighted by Gasteiger charge is 2.20. The predicted molar refractivity (Wildman–Crippen MR) is 74.1 cm³/mol. The molecule has 2 nitrogen and oxygen atoms in total. The second-order valence-electron chi connectivity index (χ2n) is 5.33. The molecule has 1 aliphatic heterocycles. The fraction of sp³-hybridized carbons (Fsp3) is 0.571. The highest BCUT2D eigenvalue weighted by molar-refractivity contribution is 6.10. The van der Waals surface area contributed by atoms with Crippen molar-refractivity contribution in [1.29, 1.82) is 0 Å². The second-order valence-corrected chi connectivity index (χ2v) is 6.67. The van der Waals surface area contributed by atoms with E-state index in [2.05, 4.69) is 36.1 Å². The Kier molecular flexibility index (Phi) is 4.64. The molecule has 0 aromatic heterocycles. The second kappa shape index (κ2) is 6.02. The summed E-state index contributed by atoms with van der Waals surface area (Å²) in [5, 5.41) is 9.44. The Morgan fingerprint density at radius 1 is 1.29 bits per heavy atom. The number of aryl methyl sites for hydroxylation is 1. The quantitative estimate of drug-likeness (QED) is 0.809. The average molecular weight is 247 g/mol. The van der Waals surface area contributed by atoms with Crippen molar-refractivity contribution in [3.8, 4) is 0 Å². The van der Waals surface area contributed by atoms with Gasteiger partial charge in [-0.2, -0.15) is 0 Å². The minimum Gasteiger partial charge on any atom is -0.408 e. The van der Waals surface area contributed by atoms with Gasteiger partial charge < -0.3 is 10.0 Å². The van der Waals surface area contributed by atoms with Crippen molar-refractivity contribution in [2.24, 2.45) is 0 Å². The van der Waals surface area contributed by atoms with Crippen LogP contribution in [0.2, 0.25) is 0 Å². The summed E-state index contributed by atoms with van der Waals surface area (Å²) < 4.78 is 0. The van der Waals surface area contributed by atoms with Gasteiger partial charge in [0.05, 0.1) is 0 Å². The van der Waals surface area contributed by atoms with Crippen LogP contribution in [0, 0.1) is 6.92 Å². The van der Waals surface area contributed by atoms with E-state index >= 15 is 0 Å². The first-order chi connectivity index (χ1) is 8.15. The van der Waals surface area contributed by atoms with Gasteiger partial charge in [-0.25, -0.2) is 0 Å². The molecule has 1 N–H and O–H groups in total. The minimum atomic E-state index is -0.0640. The lowest BCUT2D eigenvalue weighted by Crippen LogP contribution is -2.38. The summed E-state index contributed by atoms with van der Waals surface area (Å²) in [5.41, 5.74) is 2.83. The molecular formula is C14H22AlNO. The normalized spacial score (nSPS) is 20.4. The third-order valence-corrected chi connectivity index (χ3v) is 4.02. The molecule has 0 saturated carbocycles. The Labute approximate surface area is 112 Å². The number of aliphatic hydroxyl groups is 1. The van der Waals surface area contributed by atoms with Crippen molar-refractivity contribution in [2.75, 3.05) is 19.6 Å². The summed E-state index contributed by atoms with van der Waals surface area (Å²) in [4.78, 5) is 2.34. The van der Waals surface area contributed by atoms with E-state index in [9.17, 15) is 5.11 Å². The summed E-state index contributed by atoms with van der Waals surface area (Å²) in [6, 6.07) is 8.97. The fourth-order valence-electron chi connectivity index (χ4n) is 2.66. The zero-order chi connectivity index (χ0) is 12.3. The van der Waals surface area contributed by atoms with Crippen LogP contribution < -0.4 is 0 Å². The molecule has 1 unspecified atom stereocenters. The van der Waals surface area contributed by atoms with E-state index in [0.29, 0.717) is 0 Å². The van der Waals surface area contributed by atoms with Crippen LogP contribution in [0.25, 0.3) is 0 Å². The van der Waals surface area contributed by atoms with Crippen LogP contribution in [0.3, 0.4) is 0 Å². The molecule has 1 aromatic rings. The lowest BCUT2D eigenvalue weighted by molar-refractivity contribution is 0.143. The number of β-amino-alcohol motifs (C(OH)–C–C–N with tert-alkyl or cyclic N) is 1. The van der Waals surface area contributed by atoms with Gasteiger partial charge in [-0.15, -0.1) is 0 Å². The van der Waals surface area contributed by atoms with Crippen molar-refractivity contribution in [1.82, 2.24) is 4.90 Å². The Morgan fingerprint density at radius 2 is 1.88 bits per heavy atom. The number of piperidine rings is 1.